The van der Waals surface area contributed by atoms with Crippen molar-refractivity contribution in [2.45, 2.75) is 40.0 Å². The van der Waals surface area contributed by atoms with Crippen molar-refractivity contribution in [3.05, 3.63) is 0 Å². The summed E-state index contributed by atoms with van der Waals surface area (Å²) in [5, 5.41) is 0. The second-order valence-electron chi connectivity index (χ2n) is 3.48. The van der Waals surface area contributed by atoms with Crippen molar-refractivity contribution >= 4 is 5.71 Å². The second kappa shape index (κ2) is 2.73. The first kappa shape index (κ1) is 7.77. The molecule has 0 spiro atoms. The lowest BCUT2D eigenvalue weighted by molar-refractivity contribution is 0.383. The van der Waals surface area contributed by atoms with E-state index in [9.17, 15) is 0 Å². The molecular weight excluding hydrogens is 122 g/mol. The van der Waals surface area contributed by atoms with Crippen molar-refractivity contribution < 1.29 is 0 Å². The Morgan fingerprint density at radius 3 is 2.70 bits per heavy atom. The summed E-state index contributed by atoms with van der Waals surface area (Å²) >= 11 is 0. The average molecular weight is 139 g/mol. The molecule has 0 aliphatic carbocycles. The smallest absolute Gasteiger partial charge is 0.0389 e. The van der Waals surface area contributed by atoms with E-state index in [0.717, 1.165) is 6.54 Å². The van der Waals surface area contributed by atoms with Crippen molar-refractivity contribution in [3.8, 4) is 0 Å². The van der Waals surface area contributed by atoms with E-state index in [1.807, 2.05) is 0 Å². The van der Waals surface area contributed by atoms with Gasteiger partial charge in [-0.1, -0.05) is 13.8 Å². The number of hydrogen-bond acceptors (Lipinski definition) is 1. The minimum atomic E-state index is 0.429. The first-order chi connectivity index (χ1) is 4.69. The van der Waals surface area contributed by atoms with Crippen LogP contribution >= 0.6 is 0 Å². The number of rotatable bonds is 1. The van der Waals surface area contributed by atoms with Crippen LogP contribution in [0.15, 0.2) is 4.99 Å². The van der Waals surface area contributed by atoms with Crippen LogP contribution in [0.1, 0.15) is 40.0 Å². The molecule has 0 N–H and O–H groups in total. The molecule has 1 nitrogen and oxygen atoms in total. The van der Waals surface area contributed by atoms with Gasteiger partial charge in [-0.2, -0.15) is 0 Å². The monoisotopic (exact) mass is 139 g/mol. The Kier molecular flexibility index (Phi) is 2.12. The Balaban J connectivity index is 2.74. The van der Waals surface area contributed by atoms with Gasteiger partial charge in [0.25, 0.3) is 0 Å². The van der Waals surface area contributed by atoms with E-state index in [2.05, 4.69) is 25.8 Å². The lowest BCUT2D eigenvalue weighted by atomic mass is 9.77. The molecule has 58 valence electrons. The zero-order valence-electron chi connectivity index (χ0n) is 7.28. The first-order valence-corrected chi connectivity index (χ1v) is 4.20. The molecule has 1 unspecified atom stereocenters. The van der Waals surface area contributed by atoms with Crippen molar-refractivity contribution in [1.29, 1.82) is 0 Å². The van der Waals surface area contributed by atoms with Gasteiger partial charge in [0, 0.05) is 17.7 Å². The third-order valence-electron chi connectivity index (χ3n) is 2.89. The fourth-order valence-electron chi connectivity index (χ4n) is 1.52. The molecule has 0 aromatic heterocycles. The molecule has 0 saturated heterocycles. The Bertz CT molecular complexity index is 149. The SMILES string of the molecule is CCC1(C)CCCN=C1C. The van der Waals surface area contributed by atoms with E-state index in [-0.39, 0.29) is 0 Å². The van der Waals surface area contributed by atoms with Gasteiger partial charge in [0.15, 0.2) is 0 Å². The maximum absolute atomic E-state index is 4.47. The quantitative estimate of drug-likeness (QED) is 0.529. The van der Waals surface area contributed by atoms with Crippen LogP contribution in [0.5, 0.6) is 0 Å². The molecule has 1 aliphatic heterocycles. The Labute approximate surface area is 63.5 Å². The van der Waals surface area contributed by atoms with E-state index in [1.165, 1.54) is 25.0 Å². The molecule has 1 rings (SSSR count). The van der Waals surface area contributed by atoms with Crippen LogP contribution in [0.4, 0.5) is 0 Å². The fraction of sp³-hybridized carbons (Fsp3) is 0.889. The molecule has 1 heterocycles. The minimum Gasteiger partial charge on any atom is -0.294 e. The number of aliphatic imine (C=N–C) groups is 1. The summed E-state index contributed by atoms with van der Waals surface area (Å²) in [6, 6.07) is 0. The summed E-state index contributed by atoms with van der Waals surface area (Å²) in [6.07, 6.45) is 3.85. The van der Waals surface area contributed by atoms with Gasteiger partial charge in [0.05, 0.1) is 0 Å². The van der Waals surface area contributed by atoms with E-state index in [4.69, 9.17) is 0 Å². The summed E-state index contributed by atoms with van der Waals surface area (Å²) in [5.41, 5.74) is 1.79. The lowest BCUT2D eigenvalue weighted by Crippen LogP contribution is -2.28. The van der Waals surface area contributed by atoms with Crippen LogP contribution in [0.3, 0.4) is 0 Å². The van der Waals surface area contributed by atoms with Crippen LogP contribution in [-0.2, 0) is 0 Å². The van der Waals surface area contributed by atoms with Gasteiger partial charge in [-0.3, -0.25) is 4.99 Å². The van der Waals surface area contributed by atoms with Crippen molar-refractivity contribution in [2.75, 3.05) is 6.54 Å². The summed E-state index contributed by atoms with van der Waals surface area (Å²) in [6.45, 7) is 7.80. The Hall–Kier alpha value is -0.330. The van der Waals surface area contributed by atoms with Gasteiger partial charge in [-0.05, 0) is 26.2 Å². The number of hydrogen-bond donors (Lipinski definition) is 0. The summed E-state index contributed by atoms with van der Waals surface area (Å²) in [5.74, 6) is 0. The molecule has 0 saturated carbocycles. The zero-order valence-corrected chi connectivity index (χ0v) is 7.28. The van der Waals surface area contributed by atoms with Crippen molar-refractivity contribution in [3.63, 3.8) is 0 Å². The molecule has 1 atom stereocenters. The Morgan fingerprint density at radius 2 is 2.30 bits per heavy atom. The summed E-state index contributed by atoms with van der Waals surface area (Å²) < 4.78 is 0. The predicted octanol–water partition coefficient (Wildman–Crippen LogP) is 2.66. The van der Waals surface area contributed by atoms with E-state index in [1.54, 1.807) is 0 Å². The topological polar surface area (TPSA) is 12.4 Å². The van der Waals surface area contributed by atoms with Gasteiger partial charge in [0.1, 0.15) is 0 Å². The van der Waals surface area contributed by atoms with Gasteiger partial charge >= 0.3 is 0 Å². The highest BCUT2D eigenvalue weighted by molar-refractivity contribution is 5.88. The maximum atomic E-state index is 4.47. The molecule has 0 fully saturated rings. The normalized spacial score (nSPS) is 33.7. The summed E-state index contributed by atoms with van der Waals surface area (Å²) in [4.78, 5) is 4.47. The zero-order chi connectivity index (χ0) is 7.61. The van der Waals surface area contributed by atoms with Crippen LogP contribution < -0.4 is 0 Å². The van der Waals surface area contributed by atoms with E-state index < -0.39 is 0 Å². The first-order valence-electron chi connectivity index (χ1n) is 4.20. The largest absolute Gasteiger partial charge is 0.294 e. The maximum Gasteiger partial charge on any atom is 0.0389 e. The minimum absolute atomic E-state index is 0.429. The van der Waals surface area contributed by atoms with Crippen LogP contribution in [0, 0.1) is 5.41 Å². The molecule has 0 aromatic rings. The van der Waals surface area contributed by atoms with Gasteiger partial charge in [-0.25, -0.2) is 0 Å². The van der Waals surface area contributed by atoms with Crippen LogP contribution in [0.2, 0.25) is 0 Å². The number of nitrogens with zero attached hydrogens (tertiary/aromatic N) is 1. The molecule has 0 aromatic carbocycles. The predicted molar refractivity (Wildman–Crippen MR) is 45.6 cm³/mol. The van der Waals surface area contributed by atoms with Crippen LogP contribution in [-0.4, -0.2) is 12.3 Å². The average Bonchev–Trinajstić information content (AvgIpc) is 1.96. The van der Waals surface area contributed by atoms with Gasteiger partial charge in [0.2, 0.25) is 0 Å². The van der Waals surface area contributed by atoms with E-state index in [0.29, 0.717) is 5.41 Å². The highest BCUT2D eigenvalue weighted by atomic mass is 14.8. The standard InChI is InChI=1S/C9H17N/c1-4-9(3)6-5-7-10-8(9)2/h4-7H2,1-3H3. The van der Waals surface area contributed by atoms with Crippen molar-refractivity contribution in [2.24, 2.45) is 10.4 Å². The Morgan fingerprint density at radius 1 is 1.60 bits per heavy atom. The van der Waals surface area contributed by atoms with Gasteiger partial charge in [-0.15, -0.1) is 0 Å². The van der Waals surface area contributed by atoms with Gasteiger partial charge < -0.3 is 0 Å². The highest BCUT2D eigenvalue weighted by Gasteiger charge is 2.26. The molecule has 1 heteroatoms. The molecular formula is C9H17N. The molecule has 0 bridgehead atoms. The fourth-order valence-corrected chi connectivity index (χ4v) is 1.52. The van der Waals surface area contributed by atoms with Crippen molar-refractivity contribution in [1.82, 2.24) is 0 Å². The molecule has 10 heavy (non-hydrogen) atoms. The summed E-state index contributed by atoms with van der Waals surface area (Å²) in [7, 11) is 0. The molecule has 0 radical (unpaired) electrons. The van der Waals surface area contributed by atoms with Crippen LogP contribution in [0.25, 0.3) is 0 Å². The second-order valence-corrected chi connectivity index (χ2v) is 3.48. The third kappa shape index (κ3) is 1.23. The lowest BCUT2D eigenvalue weighted by Gasteiger charge is -2.31. The van der Waals surface area contributed by atoms with E-state index >= 15 is 0 Å². The highest BCUT2D eigenvalue weighted by Crippen LogP contribution is 2.31. The molecule has 1 aliphatic rings. The third-order valence-corrected chi connectivity index (χ3v) is 2.89. The molecule has 0 amide bonds.